The third-order valence-electron chi connectivity index (χ3n) is 5.72. The van der Waals surface area contributed by atoms with Gasteiger partial charge in [-0.15, -0.1) is 0 Å². The molecule has 0 radical (unpaired) electrons. The Bertz CT molecular complexity index is 1070. The van der Waals surface area contributed by atoms with Crippen LogP contribution in [0.15, 0.2) is 60.7 Å². The number of hydrogen-bond acceptors (Lipinski definition) is 5. The number of nitriles is 2. The van der Waals surface area contributed by atoms with Crippen molar-refractivity contribution in [2.24, 2.45) is 5.41 Å². The first-order chi connectivity index (χ1) is 14.3. The van der Waals surface area contributed by atoms with E-state index in [9.17, 15) is 15.3 Å². The summed E-state index contributed by atoms with van der Waals surface area (Å²) < 4.78 is 5.80. The fraction of sp³-hybridized carbons (Fsp3) is 0.320. The first kappa shape index (κ1) is 19.7. The lowest BCUT2D eigenvalue weighted by molar-refractivity contribution is -0.156. The van der Waals surface area contributed by atoms with Gasteiger partial charge in [0, 0.05) is 11.6 Å². The smallest absolute Gasteiger partial charge is 0.330 e. The van der Waals surface area contributed by atoms with Crippen LogP contribution in [-0.2, 0) is 9.53 Å². The van der Waals surface area contributed by atoms with Gasteiger partial charge in [0.2, 0.25) is 0 Å². The molecule has 4 rings (SSSR count). The summed E-state index contributed by atoms with van der Waals surface area (Å²) in [6, 6.07) is 20.3. The average molecular weight is 397 g/mol. The minimum Gasteiger partial charge on any atom is -0.458 e. The second kappa shape index (κ2) is 7.04. The molecule has 0 aromatic heterocycles. The third-order valence-corrected chi connectivity index (χ3v) is 5.72. The summed E-state index contributed by atoms with van der Waals surface area (Å²) in [6.45, 7) is 5.46. The predicted molar refractivity (Wildman–Crippen MR) is 114 cm³/mol. The van der Waals surface area contributed by atoms with Crippen molar-refractivity contribution < 1.29 is 9.53 Å². The van der Waals surface area contributed by atoms with Crippen molar-refractivity contribution in [1.29, 1.82) is 10.5 Å². The summed E-state index contributed by atoms with van der Waals surface area (Å²) in [7, 11) is 0. The number of benzene rings is 2. The second-order valence-corrected chi connectivity index (χ2v) is 8.73. The molecule has 0 N–H and O–H groups in total. The van der Waals surface area contributed by atoms with E-state index in [4.69, 9.17) is 4.74 Å². The molecule has 150 valence electrons. The predicted octanol–water partition coefficient (Wildman–Crippen LogP) is 4.43. The highest BCUT2D eigenvalue weighted by Gasteiger charge is 2.64. The zero-order chi connectivity index (χ0) is 21.5. The molecule has 2 heterocycles. The number of carbonyl (C=O) groups excluding carboxylic acids is 1. The largest absolute Gasteiger partial charge is 0.458 e. The minimum atomic E-state index is -1.44. The number of anilines is 1. The molecule has 0 aliphatic carbocycles. The van der Waals surface area contributed by atoms with Gasteiger partial charge in [0.05, 0.1) is 18.2 Å². The zero-order valence-corrected chi connectivity index (χ0v) is 17.2. The Hall–Kier alpha value is -3.57. The van der Waals surface area contributed by atoms with Gasteiger partial charge in [-0.25, -0.2) is 4.79 Å². The molecule has 5 nitrogen and oxygen atoms in total. The van der Waals surface area contributed by atoms with Crippen molar-refractivity contribution in [3.63, 3.8) is 0 Å². The van der Waals surface area contributed by atoms with Gasteiger partial charge in [0.15, 0.2) is 5.41 Å². The van der Waals surface area contributed by atoms with Gasteiger partial charge >= 0.3 is 5.97 Å². The Labute approximate surface area is 176 Å². The van der Waals surface area contributed by atoms with Crippen LogP contribution in [0.1, 0.15) is 37.8 Å². The van der Waals surface area contributed by atoms with E-state index >= 15 is 0 Å². The van der Waals surface area contributed by atoms with E-state index < -0.39 is 35.0 Å². The van der Waals surface area contributed by atoms with Gasteiger partial charge in [-0.05, 0) is 38.0 Å². The average Bonchev–Trinajstić information content (AvgIpc) is 3.04. The van der Waals surface area contributed by atoms with Gasteiger partial charge in [0.1, 0.15) is 11.6 Å². The number of esters is 1. The lowest BCUT2D eigenvalue weighted by Crippen LogP contribution is -2.46. The monoisotopic (exact) mass is 397 g/mol. The maximum Gasteiger partial charge on any atom is 0.330 e. The van der Waals surface area contributed by atoms with E-state index in [0.29, 0.717) is 0 Å². The SMILES string of the molecule is CC(C)(C)OC(=O)[C@@H]1[C@@H](c2ccccc2)C(C#N)(C#N)[C@H]2C=Cc3ccccc3N12. The summed E-state index contributed by atoms with van der Waals surface area (Å²) in [6.07, 6.45) is 3.80. The summed E-state index contributed by atoms with van der Waals surface area (Å²) in [5.74, 6) is -1.09. The van der Waals surface area contributed by atoms with Gasteiger partial charge in [-0.2, -0.15) is 10.5 Å². The number of hydrogen-bond donors (Lipinski definition) is 0. The third kappa shape index (κ3) is 2.95. The highest BCUT2D eigenvalue weighted by Crippen LogP contribution is 2.55. The van der Waals surface area contributed by atoms with Crippen LogP contribution < -0.4 is 4.90 Å². The van der Waals surface area contributed by atoms with Crippen molar-refractivity contribution in [2.45, 2.75) is 44.4 Å². The number of rotatable bonds is 2. The number of carbonyl (C=O) groups is 1. The maximum absolute atomic E-state index is 13.5. The van der Waals surface area contributed by atoms with E-state index in [0.717, 1.165) is 16.8 Å². The van der Waals surface area contributed by atoms with Crippen molar-refractivity contribution in [3.05, 3.63) is 71.8 Å². The Balaban J connectivity index is 1.97. The first-order valence-corrected chi connectivity index (χ1v) is 9.98. The van der Waals surface area contributed by atoms with Crippen LogP contribution in [0.3, 0.4) is 0 Å². The molecule has 0 saturated carbocycles. The molecule has 2 aliphatic rings. The van der Waals surface area contributed by atoms with Gasteiger partial charge in [0.25, 0.3) is 0 Å². The topological polar surface area (TPSA) is 77.1 Å². The van der Waals surface area contributed by atoms with Gasteiger partial charge in [-0.3, -0.25) is 0 Å². The summed E-state index contributed by atoms with van der Waals surface area (Å²) in [5.41, 5.74) is 0.419. The molecule has 1 fully saturated rings. The number of ether oxygens (including phenoxy) is 1. The van der Waals surface area contributed by atoms with Gasteiger partial charge < -0.3 is 9.64 Å². The zero-order valence-electron chi connectivity index (χ0n) is 17.2. The van der Waals surface area contributed by atoms with Crippen LogP contribution >= 0.6 is 0 Å². The highest BCUT2D eigenvalue weighted by atomic mass is 16.6. The Morgan fingerprint density at radius 2 is 1.67 bits per heavy atom. The molecule has 2 aromatic rings. The van der Waals surface area contributed by atoms with Crippen LogP contribution in [0.25, 0.3) is 6.08 Å². The molecule has 30 heavy (non-hydrogen) atoms. The number of para-hydroxylation sites is 1. The molecule has 0 unspecified atom stereocenters. The van der Waals surface area contributed by atoms with Crippen molar-refractivity contribution in [1.82, 2.24) is 0 Å². The molecule has 0 spiro atoms. The summed E-state index contributed by atoms with van der Waals surface area (Å²) >= 11 is 0. The molecule has 2 aliphatic heterocycles. The molecule has 1 saturated heterocycles. The standard InChI is InChI=1S/C25H23N3O2/c1-24(2,3)30-23(29)22-21(18-10-5-4-6-11-18)25(15-26,16-27)20-14-13-17-9-7-8-12-19(17)28(20)22/h4-14,20-22H,1-3H3/t20-,21-,22+/m1/s1. The molecule has 2 aromatic carbocycles. The van der Waals surface area contributed by atoms with Crippen LogP contribution in [0.2, 0.25) is 0 Å². The van der Waals surface area contributed by atoms with Crippen LogP contribution in [0.4, 0.5) is 5.69 Å². The first-order valence-electron chi connectivity index (χ1n) is 9.98. The van der Waals surface area contributed by atoms with Gasteiger partial charge in [-0.1, -0.05) is 60.7 Å². The Kier molecular flexibility index (Phi) is 4.63. The molecular weight excluding hydrogens is 374 g/mol. The quantitative estimate of drug-likeness (QED) is 0.701. The summed E-state index contributed by atoms with van der Waals surface area (Å²) in [5, 5.41) is 20.6. The molecule has 3 atom stereocenters. The normalized spacial score (nSPS) is 23.6. The second-order valence-electron chi connectivity index (χ2n) is 8.73. The fourth-order valence-electron chi connectivity index (χ4n) is 4.60. The van der Waals surface area contributed by atoms with E-state index in [1.54, 1.807) is 0 Å². The van der Waals surface area contributed by atoms with E-state index in [-0.39, 0.29) is 0 Å². The molecule has 0 amide bonds. The van der Waals surface area contributed by atoms with Crippen molar-refractivity contribution in [3.8, 4) is 12.1 Å². The number of nitrogens with zero attached hydrogens (tertiary/aromatic N) is 3. The molecule has 0 bridgehead atoms. The molecular formula is C25H23N3O2. The number of fused-ring (bicyclic) bond motifs is 3. The Morgan fingerprint density at radius 1 is 1.03 bits per heavy atom. The van der Waals surface area contributed by atoms with Crippen molar-refractivity contribution >= 4 is 17.7 Å². The van der Waals surface area contributed by atoms with E-state index in [1.165, 1.54) is 0 Å². The minimum absolute atomic E-state index is 0.432. The summed E-state index contributed by atoms with van der Waals surface area (Å²) in [4.78, 5) is 15.4. The van der Waals surface area contributed by atoms with Crippen LogP contribution in [0.5, 0.6) is 0 Å². The highest BCUT2D eigenvalue weighted by molar-refractivity contribution is 5.88. The Morgan fingerprint density at radius 3 is 2.30 bits per heavy atom. The van der Waals surface area contributed by atoms with Crippen LogP contribution in [0, 0.1) is 28.1 Å². The maximum atomic E-state index is 13.5. The van der Waals surface area contributed by atoms with Crippen LogP contribution in [-0.4, -0.2) is 23.7 Å². The lowest BCUT2D eigenvalue weighted by Gasteiger charge is -2.36. The van der Waals surface area contributed by atoms with E-state index in [2.05, 4.69) is 12.1 Å². The van der Waals surface area contributed by atoms with Crippen molar-refractivity contribution in [2.75, 3.05) is 4.90 Å². The lowest BCUT2D eigenvalue weighted by atomic mass is 9.70. The molecule has 5 heteroatoms. The fourth-order valence-corrected chi connectivity index (χ4v) is 4.60. The van der Waals surface area contributed by atoms with E-state index in [1.807, 2.05) is 92.4 Å².